The first-order valence-corrected chi connectivity index (χ1v) is 8.49. The minimum atomic E-state index is -0.0140. The van der Waals surface area contributed by atoms with E-state index in [2.05, 4.69) is 0 Å². The number of amides is 1. The number of fused-ring (bicyclic) bond motifs is 1. The predicted molar refractivity (Wildman–Crippen MR) is 100 cm³/mol. The third kappa shape index (κ3) is 3.34. The Morgan fingerprint density at radius 3 is 2.72 bits per heavy atom. The first-order chi connectivity index (χ1) is 12.0. The zero-order valence-corrected chi connectivity index (χ0v) is 14.8. The van der Waals surface area contributed by atoms with Gasteiger partial charge < -0.3 is 10.6 Å². The number of nitrogen functional groups attached to an aromatic ring is 1. The number of hydrogen-bond donors (Lipinski definition) is 1. The van der Waals surface area contributed by atoms with E-state index in [0.717, 1.165) is 16.7 Å². The van der Waals surface area contributed by atoms with Crippen molar-refractivity contribution in [3.63, 3.8) is 0 Å². The molecule has 0 aromatic heterocycles. The number of carbonyl (C=O) groups is 1. The molecule has 1 aliphatic heterocycles. The summed E-state index contributed by atoms with van der Waals surface area (Å²) in [7, 11) is 0. The van der Waals surface area contributed by atoms with Gasteiger partial charge in [0.15, 0.2) is 0 Å². The fraction of sp³-hybridized carbons (Fsp3) is 0.158. The van der Waals surface area contributed by atoms with E-state index in [4.69, 9.17) is 34.2 Å². The summed E-state index contributed by atoms with van der Waals surface area (Å²) in [6.45, 7) is 1.06. The Balaban J connectivity index is 1.96. The molecule has 1 heterocycles. The highest BCUT2D eigenvalue weighted by atomic mass is 35.5. The van der Waals surface area contributed by atoms with Crippen LogP contribution in [0.15, 0.2) is 42.5 Å². The van der Waals surface area contributed by atoms with E-state index in [1.165, 1.54) is 6.08 Å². The Hall–Kier alpha value is -2.48. The third-order valence-corrected chi connectivity index (χ3v) is 4.82. The first kappa shape index (κ1) is 17.3. The first-order valence-electron chi connectivity index (χ1n) is 7.73. The van der Waals surface area contributed by atoms with Crippen molar-refractivity contribution in [1.82, 2.24) is 4.90 Å². The lowest BCUT2D eigenvalue weighted by Crippen LogP contribution is -2.24. The quantitative estimate of drug-likeness (QED) is 0.626. The van der Waals surface area contributed by atoms with Crippen LogP contribution < -0.4 is 5.73 Å². The van der Waals surface area contributed by atoms with Gasteiger partial charge in [-0.05, 0) is 35.7 Å². The molecule has 0 saturated heterocycles. The van der Waals surface area contributed by atoms with Gasteiger partial charge in [0.05, 0.1) is 21.8 Å². The van der Waals surface area contributed by atoms with Crippen LogP contribution in [0.25, 0.3) is 11.1 Å². The maximum atomic E-state index is 12.6. The average molecular weight is 372 g/mol. The molecule has 0 radical (unpaired) electrons. The second-order valence-electron chi connectivity index (χ2n) is 5.73. The van der Waals surface area contributed by atoms with E-state index in [9.17, 15) is 4.79 Å². The Labute approximate surface area is 156 Å². The van der Waals surface area contributed by atoms with E-state index < -0.39 is 0 Å². The number of nitrogens with two attached hydrogens (primary N) is 1. The van der Waals surface area contributed by atoms with Gasteiger partial charge in [0.25, 0.3) is 5.91 Å². The smallest absolute Gasteiger partial charge is 0.254 e. The summed E-state index contributed by atoms with van der Waals surface area (Å²) in [5.41, 5.74) is 9.46. The number of halogens is 2. The molecule has 0 aliphatic carbocycles. The largest absolute Gasteiger partial charge is 0.397 e. The van der Waals surface area contributed by atoms with Crippen molar-refractivity contribution in [1.29, 1.82) is 5.26 Å². The van der Waals surface area contributed by atoms with Gasteiger partial charge in [-0.1, -0.05) is 41.4 Å². The van der Waals surface area contributed by atoms with Crippen LogP contribution in [0, 0.1) is 11.3 Å². The summed E-state index contributed by atoms with van der Waals surface area (Å²) in [5.74, 6) is -0.0140. The monoisotopic (exact) mass is 371 g/mol. The lowest BCUT2D eigenvalue weighted by molar-refractivity contribution is 0.0781. The minimum absolute atomic E-state index is 0.0140. The molecule has 0 spiro atoms. The van der Waals surface area contributed by atoms with Gasteiger partial charge in [-0.2, -0.15) is 5.26 Å². The van der Waals surface area contributed by atoms with Crippen molar-refractivity contribution in [3.8, 4) is 17.2 Å². The fourth-order valence-corrected chi connectivity index (χ4v) is 3.40. The molecule has 1 amide bonds. The molecule has 0 atom stereocenters. The standard InChI is InChI=1S/C19H15Cl2N3O/c20-16-10-18(23)17(21)9-14(16)12-5-4-6-13-15(12)11-24(19(13)25)8-3-1-2-7-22/h1-2,4-6,9-10H,3,8,11,23H2/b2-1+. The molecule has 3 rings (SSSR count). The van der Waals surface area contributed by atoms with Crippen LogP contribution in [-0.2, 0) is 6.54 Å². The molecule has 1 aliphatic rings. The number of hydrogen-bond acceptors (Lipinski definition) is 3. The molecule has 0 fully saturated rings. The van der Waals surface area contributed by atoms with E-state index in [1.54, 1.807) is 23.1 Å². The molecular formula is C19H15Cl2N3O. The summed E-state index contributed by atoms with van der Waals surface area (Å²) < 4.78 is 0. The van der Waals surface area contributed by atoms with Gasteiger partial charge in [0, 0.05) is 30.3 Å². The molecule has 25 heavy (non-hydrogen) atoms. The third-order valence-electron chi connectivity index (χ3n) is 4.18. The topological polar surface area (TPSA) is 70.1 Å². The number of rotatable bonds is 4. The molecule has 2 aromatic rings. The number of anilines is 1. The molecule has 2 N–H and O–H groups in total. The van der Waals surface area contributed by atoms with Gasteiger partial charge in [0.1, 0.15) is 0 Å². The Morgan fingerprint density at radius 2 is 1.96 bits per heavy atom. The van der Waals surface area contributed by atoms with Crippen molar-refractivity contribution in [2.24, 2.45) is 0 Å². The van der Waals surface area contributed by atoms with Crippen LogP contribution in [0.5, 0.6) is 0 Å². The Kier molecular flexibility index (Phi) is 4.98. The maximum absolute atomic E-state index is 12.6. The summed E-state index contributed by atoms with van der Waals surface area (Å²) >= 11 is 12.5. The lowest BCUT2D eigenvalue weighted by atomic mass is 9.96. The molecule has 6 heteroatoms. The SMILES string of the molecule is N#C/C=C/CCN1Cc2c(cccc2-c2cc(Cl)c(N)cc2Cl)C1=O. The Bertz CT molecular complexity index is 916. The number of carbonyl (C=O) groups excluding carboxylic acids is 1. The number of allylic oxidation sites excluding steroid dienone is 1. The molecule has 0 unspecified atom stereocenters. The molecule has 0 bridgehead atoms. The molecule has 126 valence electrons. The lowest BCUT2D eigenvalue weighted by Gasteiger charge is -2.14. The predicted octanol–water partition coefficient (Wildman–Crippen LogP) is 4.67. The minimum Gasteiger partial charge on any atom is -0.397 e. The van der Waals surface area contributed by atoms with E-state index in [-0.39, 0.29) is 5.91 Å². The molecule has 4 nitrogen and oxygen atoms in total. The molecular weight excluding hydrogens is 357 g/mol. The summed E-state index contributed by atoms with van der Waals surface area (Å²) in [5, 5.41) is 9.46. The van der Waals surface area contributed by atoms with E-state index in [0.29, 0.717) is 40.8 Å². The molecule has 0 saturated carbocycles. The fourth-order valence-electron chi connectivity index (χ4n) is 2.96. The van der Waals surface area contributed by atoms with Crippen LogP contribution in [0.3, 0.4) is 0 Å². The number of benzene rings is 2. The maximum Gasteiger partial charge on any atom is 0.254 e. The van der Waals surface area contributed by atoms with Crippen LogP contribution >= 0.6 is 23.2 Å². The van der Waals surface area contributed by atoms with Crippen LogP contribution in [0.4, 0.5) is 5.69 Å². The number of nitriles is 1. The molecule has 2 aromatic carbocycles. The normalized spacial score (nSPS) is 13.3. The van der Waals surface area contributed by atoms with Gasteiger partial charge in [-0.3, -0.25) is 4.79 Å². The number of nitrogens with zero attached hydrogens (tertiary/aromatic N) is 2. The second-order valence-corrected chi connectivity index (χ2v) is 6.55. The van der Waals surface area contributed by atoms with E-state index >= 15 is 0 Å². The van der Waals surface area contributed by atoms with E-state index in [1.807, 2.05) is 24.3 Å². The summed E-state index contributed by atoms with van der Waals surface area (Å²) in [6, 6.07) is 10.9. The zero-order chi connectivity index (χ0) is 18.0. The van der Waals surface area contributed by atoms with Crippen molar-refractivity contribution in [2.75, 3.05) is 12.3 Å². The van der Waals surface area contributed by atoms with Gasteiger partial charge in [0.2, 0.25) is 0 Å². The van der Waals surface area contributed by atoms with Crippen LogP contribution in [0.2, 0.25) is 10.0 Å². The van der Waals surface area contributed by atoms with Crippen molar-refractivity contribution in [3.05, 3.63) is 63.7 Å². The van der Waals surface area contributed by atoms with Crippen molar-refractivity contribution < 1.29 is 4.79 Å². The second kappa shape index (κ2) is 7.18. The van der Waals surface area contributed by atoms with Gasteiger partial charge in [-0.25, -0.2) is 0 Å². The van der Waals surface area contributed by atoms with Crippen LogP contribution in [-0.4, -0.2) is 17.4 Å². The zero-order valence-electron chi connectivity index (χ0n) is 13.3. The average Bonchev–Trinajstić information content (AvgIpc) is 2.92. The van der Waals surface area contributed by atoms with Gasteiger partial charge in [-0.15, -0.1) is 0 Å². The summed E-state index contributed by atoms with van der Waals surface area (Å²) in [4.78, 5) is 14.4. The highest BCUT2D eigenvalue weighted by molar-refractivity contribution is 6.37. The van der Waals surface area contributed by atoms with Crippen LogP contribution in [0.1, 0.15) is 22.3 Å². The van der Waals surface area contributed by atoms with Gasteiger partial charge >= 0.3 is 0 Å². The Morgan fingerprint density at radius 1 is 1.20 bits per heavy atom. The highest BCUT2D eigenvalue weighted by Crippen LogP contribution is 2.39. The van der Waals surface area contributed by atoms with Crippen molar-refractivity contribution in [2.45, 2.75) is 13.0 Å². The van der Waals surface area contributed by atoms with Crippen molar-refractivity contribution >= 4 is 34.8 Å². The highest BCUT2D eigenvalue weighted by Gasteiger charge is 2.29. The summed E-state index contributed by atoms with van der Waals surface area (Å²) in [6.07, 6.45) is 3.82.